The second-order valence-corrected chi connectivity index (χ2v) is 6.64. The maximum Gasteiger partial charge on any atom is 0.249 e. The number of para-hydroxylation sites is 2. The van der Waals surface area contributed by atoms with Crippen LogP contribution in [0.5, 0.6) is 5.75 Å². The Kier molecular flexibility index (Phi) is 5.04. The van der Waals surface area contributed by atoms with E-state index in [9.17, 15) is 9.59 Å². The maximum atomic E-state index is 12.7. The molecule has 1 heterocycles. The van der Waals surface area contributed by atoms with E-state index < -0.39 is 6.04 Å². The van der Waals surface area contributed by atoms with Crippen LogP contribution in [0.3, 0.4) is 0 Å². The zero-order valence-electron chi connectivity index (χ0n) is 14.0. The second kappa shape index (κ2) is 7.21. The van der Waals surface area contributed by atoms with Gasteiger partial charge in [0.05, 0.1) is 12.8 Å². The van der Waals surface area contributed by atoms with Gasteiger partial charge in [0.15, 0.2) is 0 Å². The number of nitrogens with two attached hydrogens (primary N) is 1. The van der Waals surface area contributed by atoms with Crippen molar-refractivity contribution in [1.82, 2.24) is 5.32 Å². The third-order valence-corrected chi connectivity index (χ3v) is 4.98. The highest BCUT2D eigenvalue weighted by molar-refractivity contribution is 6.02. The summed E-state index contributed by atoms with van der Waals surface area (Å²) in [5.74, 6) is 0.483. The van der Waals surface area contributed by atoms with Crippen molar-refractivity contribution in [3.63, 3.8) is 0 Å². The van der Waals surface area contributed by atoms with Gasteiger partial charge in [-0.3, -0.25) is 9.59 Å². The summed E-state index contributed by atoms with van der Waals surface area (Å²) >= 11 is 0. The maximum absolute atomic E-state index is 12.7. The molecule has 24 heavy (non-hydrogen) atoms. The van der Waals surface area contributed by atoms with E-state index in [4.69, 9.17) is 10.5 Å². The van der Waals surface area contributed by atoms with E-state index in [1.165, 1.54) is 0 Å². The molecule has 1 aromatic rings. The van der Waals surface area contributed by atoms with Crippen molar-refractivity contribution in [3.05, 3.63) is 24.3 Å². The highest BCUT2D eigenvalue weighted by Crippen LogP contribution is 2.31. The molecule has 6 heteroatoms. The van der Waals surface area contributed by atoms with Crippen LogP contribution in [0.4, 0.5) is 5.69 Å². The van der Waals surface area contributed by atoms with E-state index in [1.54, 1.807) is 12.0 Å². The minimum atomic E-state index is -0.458. The third-order valence-electron chi connectivity index (χ3n) is 4.98. The third kappa shape index (κ3) is 3.38. The summed E-state index contributed by atoms with van der Waals surface area (Å²) in [5.41, 5.74) is 6.71. The summed E-state index contributed by atoms with van der Waals surface area (Å²) in [6.07, 6.45) is 4.14. The van der Waals surface area contributed by atoms with Crippen molar-refractivity contribution in [3.8, 4) is 5.75 Å². The summed E-state index contributed by atoms with van der Waals surface area (Å²) < 4.78 is 5.33. The van der Waals surface area contributed by atoms with Crippen LogP contribution in [0.15, 0.2) is 24.3 Å². The molecule has 1 aliphatic heterocycles. The minimum Gasteiger partial charge on any atom is -0.495 e. The first-order valence-electron chi connectivity index (χ1n) is 8.60. The van der Waals surface area contributed by atoms with Crippen LogP contribution in [-0.2, 0) is 9.59 Å². The molecule has 0 bridgehead atoms. The number of hydrogen-bond acceptors (Lipinski definition) is 4. The van der Waals surface area contributed by atoms with Gasteiger partial charge in [0.2, 0.25) is 11.8 Å². The fourth-order valence-electron chi connectivity index (χ4n) is 3.66. The van der Waals surface area contributed by atoms with E-state index in [-0.39, 0.29) is 23.8 Å². The SMILES string of the molecule is COc1ccccc1N1CC[C@H](NC(=O)[C@@H]2CCC[C@H](N)C2)C1=O. The molecule has 0 radical (unpaired) electrons. The van der Waals surface area contributed by atoms with Crippen LogP contribution >= 0.6 is 0 Å². The summed E-state index contributed by atoms with van der Waals surface area (Å²) in [6.45, 7) is 0.578. The van der Waals surface area contributed by atoms with Crippen molar-refractivity contribution in [1.29, 1.82) is 0 Å². The molecular formula is C18H25N3O3. The molecule has 2 aliphatic rings. The van der Waals surface area contributed by atoms with Crippen LogP contribution in [0.2, 0.25) is 0 Å². The molecule has 0 unspecified atom stereocenters. The number of benzene rings is 1. The lowest BCUT2D eigenvalue weighted by Gasteiger charge is -2.26. The Bertz CT molecular complexity index is 619. The number of anilines is 1. The second-order valence-electron chi connectivity index (χ2n) is 6.64. The standard InChI is InChI=1S/C18H25N3O3/c1-24-16-8-3-2-7-15(16)21-10-9-14(18(21)23)20-17(22)12-5-4-6-13(19)11-12/h2-3,7-8,12-14H,4-6,9-11,19H2,1H3,(H,20,22)/t12-,13+,14+/m1/s1. The molecule has 6 nitrogen and oxygen atoms in total. The van der Waals surface area contributed by atoms with Crippen molar-refractivity contribution in [2.75, 3.05) is 18.6 Å². The summed E-state index contributed by atoms with van der Waals surface area (Å²) in [5, 5.41) is 2.93. The number of ether oxygens (including phenoxy) is 1. The van der Waals surface area contributed by atoms with Crippen LogP contribution in [0, 0.1) is 5.92 Å². The number of nitrogens with one attached hydrogen (secondary N) is 1. The highest BCUT2D eigenvalue weighted by Gasteiger charge is 2.36. The Labute approximate surface area is 142 Å². The number of carbonyl (C=O) groups is 2. The fraction of sp³-hybridized carbons (Fsp3) is 0.556. The summed E-state index contributed by atoms with van der Waals surface area (Å²) in [7, 11) is 1.59. The van der Waals surface area contributed by atoms with Gasteiger partial charge in [-0.25, -0.2) is 0 Å². The van der Waals surface area contributed by atoms with E-state index in [2.05, 4.69) is 5.32 Å². The van der Waals surface area contributed by atoms with Crippen molar-refractivity contribution >= 4 is 17.5 Å². The van der Waals surface area contributed by atoms with Crippen LogP contribution in [-0.4, -0.2) is 37.6 Å². The van der Waals surface area contributed by atoms with Crippen molar-refractivity contribution < 1.29 is 14.3 Å². The number of amides is 2. The molecule has 1 saturated carbocycles. The zero-order valence-corrected chi connectivity index (χ0v) is 14.0. The average Bonchev–Trinajstić information content (AvgIpc) is 2.95. The molecule has 1 aromatic carbocycles. The average molecular weight is 331 g/mol. The monoisotopic (exact) mass is 331 g/mol. The first-order valence-corrected chi connectivity index (χ1v) is 8.60. The zero-order chi connectivity index (χ0) is 17.1. The number of carbonyl (C=O) groups excluding carboxylic acids is 2. The lowest BCUT2D eigenvalue weighted by atomic mass is 9.85. The van der Waals surface area contributed by atoms with E-state index in [0.29, 0.717) is 25.1 Å². The van der Waals surface area contributed by atoms with Gasteiger partial charge >= 0.3 is 0 Å². The van der Waals surface area contributed by atoms with E-state index in [1.807, 2.05) is 24.3 Å². The predicted molar refractivity (Wildman–Crippen MR) is 91.8 cm³/mol. The molecule has 2 amide bonds. The van der Waals surface area contributed by atoms with Gasteiger partial charge < -0.3 is 20.7 Å². The molecule has 1 saturated heterocycles. The van der Waals surface area contributed by atoms with Gasteiger partial charge in [-0.2, -0.15) is 0 Å². The van der Waals surface area contributed by atoms with Gasteiger partial charge in [0.25, 0.3) is 0 Å². The topological polar surface area (TPSA) is 84.7 Å². The number of nitrogens with zero attached hydrogens (tertiary/aromatic N) is 1. The molecule has 1 aliphatic carbocycles. The largest absolute Gasteiger partial charge is 0.495 e. The minimum absolute atomic E-state index is 0.0367. The first-order chi connectivity index (χ1) is 11.6. The lowest BCUT2D eigenvalue weighted by Crippen LogP contribution is -2.45. The summed E-state index contributed by atoms with van der Waals surface area (Å²) in [6, 6.07) is 7.08. The molecule has 0 aromatic heterocycles. The molecule has 3 N–H and O–H groups in total. The highest BCUT2D eigenvalue weighted by atomic mass is 16.5. The number of methoxy groups -OCH3 is 1. The molecular weight excluding hydrogens is 306 g/mol. The van der Waals surface area contributed by atoms with Gasteiger partial charge in [-0.1, -0.05) is 18.6 Å². The number of hydrogen-bond donors (Lipinski definition) is 2. The quantitative estimate of drug-likeness (QED) is 0.874. The van der Waals surface area contributed by atoms with Crippen molar-refractivity contribution in [2.45, 2.75) is 44.2 Å². The Morgan fingerprint density at radius 2 is 2.08 bits per heavy atom. The Balaban J connectivity index is 1.65. The fourth-order valence-corrected chi connectivity index (χ4v) is 3.66. The van der Waals surface area contributed by atoms with Crippen molar-refractivity contribution in [2.24, 2.45) is 11.7 Å². The Hall–Kier alpha value is -2.08. The van der Waals surface area contributed by atoms with Gasteiger partial charge in [-0.05, 0) is 37.8 Å². The summed E-state index contributed by atoms with van der Waals surface area (Å²) in [4.78, 5) is 26.8. The van der Waals surface area contributed by atoms with Gasteiger partial charge in [-0.15, -0.1) is 0 Å². The lowest BCUT2D eigenvalue weighted by molar-refractivity contribution is -0.130. The predicted octanol–water partition coefficient (Wildman–Crippen LogP) is 1.43. The van der Waals surface area contributed by atoms with E-state index >= 15 is 0 Å². The van der Waals surface area contributed by atoms with Gasteiger partial charge in [0.1, 0.15) is 11.8 Å². The Morgan fingerprint density at radius 1 is 1.29 bits per heavy atom. The first kappa shape index (κ1) is 16.8. The van der Waals surface area contributed by atoms with Crippen LogP contribution < -0.4 is 20.7 Å². The molecule has 2 fully saturated rings. The smallest absolute Gasteiger partial charge is 0.249 e. The molecule has 3 atom stereocenters. The number of rotatable bonds is 4. The van der Waals surface area contributed by atoms with Gasteiger partial charge in [0, 0.05) is 18.5 Å². The normalized spacial score (nSPS) is 27.2. The molecule has 3 rings (SSSR count). The van der Waals surface area contributed by atoms with Crippen LogP contribution in [0.1, 0.15) is 32.1 Å². The van der Waals surface area contributed by atoms with E-state index in [0.717, 1.165) is 24.9 Å². The Morgan fingerprint density at radius 3 is 2.83 bits per heavy atom. The molecule has 0 spiro atoms. The van der Waals surface area contributed by atoms with Crippen LogP contribution in [0.25, 0.3) is 0 Å². The molecule has 130 valence electrons.